The molecule has 1 aromatic heterocycles. The number of carboxylic acid groups (broad SMARTS) is 1. The van der Waals surface area contributed by atoms with Gasteiger partial charge in [-0.15, -0.1) is 0 Å². The lowest BCUT2D eigenvalue weighted by molar-refractivity contribution is -0.124. The van der Waals surface area contributed by atoms with Gasteiger partial charge in [-0.3, -0.25) is 4.79 Å². The number of anilines is 1. The summed E-state index contributed by atoms with van der Waals surface area (Å²) in [6.07, 6.45) is 0.377. The highest BCUT2D eigenvalue weighted by Gasteiger charge is 2.23. The summed E-state index contributed by atoms with van der Waals surface area (Å²) in [6.45, 7) is 1.67. The molecule has 2 N–H and O–H groups in total. The molecule has 0 bridgehead atoms. The number of hydrogen-bond acceptors (Lipinski definition) is 6. The highest BCUT2D eigenvalue weighted by atomic mass is 35.5. The molecule has 3 aromatic rings. The molecule has 0 spiro atoms. The Morgan fingerprint density at radius 1 is 1.21 bits per heavy atom. The van der Waals surface area contributed by atoms with Crippen LogP contribution in [-0.4, -0.2) is 34.0 Å². The fourth-order valence-electron chi connectivity index (χ4n) is 2.47. The summed E-state index contributed by atoms with van der Waals surface area (Å²) in [5.41, 5.74) is 1.31. The van der Waals surface area contributed by atoms with Gasteiger partial charge in [0.2, 0.25) is 0 Å². The van der Waals surface area contributed by atoms with Crippen molar-refractivity contribution in [2.45, 2.75) is 19.4 Å². The van der Waals surface area contributed by atoms with E-state index in [2.05, 4.69) is 10.3 Å². The number of carbonyl (C=O) groups is 3. The van der Waals surface area contributed by atoms with E-state index in [1.54, 1.807) is 13.0 Å². The van der Waals surface area contributed by atoms with Crippen molar-refractivity contribution in [1.29, 1.82) is 0 Å². The standard InChI is InChI=1S/C19H15ClN2O6/c1-2-15(17(23)22-13-7-10(18(24)25)3-5-12(13)20)28-19(26)11-4-6-16-14(8-11)21-9-27-16/h3-9,15H,2H2,1H3,(H,22,23)(H,24,25). The molecule has 0 radical (unpaired) electrons. The van der Waals surface area contributed by atoms with Gasteiger partial charge in [0, 0.05) is 0 Å². The van der Waals surface area contributed by atoms with Crippen molar-refractivity contribution in [3.63, 3.8) is 0 Å². The largest absolute Gasteiger partial charge is 0.478 e. The molecule has 1 amide bonds. The van der Waals surface area contributed by atoms with Crippen LogP contribution in [0.1, 0.15) is 34.1 Å². The number of nitrogens with one attached hydrogen (secondary N) is 1. The fourth-order valence-corrected chi connectivity index (χ4v) is 2.64. The number of hydrogen-bond donors (Lipinski definition) is 2. The Balaban J connectivity index is 1.73. The van der Waals surface area contributed by atoms with E-state index in [1.165, 1.54) is 36.7 Å². The third-order valence-corrected chi connectivity index (χ3v) is 4.28. The molecule has 0 aliphatic rings. The molecular formula is C19H15ClN2O6. The van der Waals surface area contributed by atoms with Gasteiger partial charge in [-0.2, -0.15) is 0 Å². The van der Waals surface area contributed by atoms with Crippen LogP contribution in [0.2, 0.25) is 5.02 Å². The Morgan fingerprint density at radius 2 is 1.96 bits per heavy atom. The van der Waals surface area contributed by atoms with Gasteiger partial charge in [0.05, 0.1) is 21.8 Å². The van der Waals surface area contributed by atoms with E-state index in [1.807, 2.05) is 0 Å². The molecule has 2 aromatic carbocycles. The number of ether oxygens (including phenoxy) is 1. The Hall–Kier alpha value is -3.39. The van der Waals surface area contributed by atoms with Gasteiger partial charge in [-0.1, -0.05) is 18.5 Å². The van der Waals surface area contributed by atoms with E-state index in [0.717, 1.165) is 0 Å². The van der Waals surface area contributed by atoms with Crippen LogP contribution in [0.25, 0.3) is 11.1 Å². The molecule has 28 heavy (non-hydrogen) atoms. The van der Waals surface area contributed by atoms with Crippen LogP contribution in [0, 0.1) is 0 Å². The molecule has 1 atom stereocenters. The summed E-state index contributed by atoms with van der Waals surface area (Å²) >= 11 is 6.01. The zero-order valence-corrected chi connectivity index (χ0v) is 15.4. The minimum absolute atomic E-state index is 0.0364. The van der Waals surface area contributed by atoms with Crippen LogP contribution < -0.4 is 5.32 Å². The first-order valence-corrected chi connectivity index (χ1v) is 8.64. The maximum Gasteiger partial charge on any atom is 0.338 e. The van der Waals surface area contributed by atoms with Gasteiger partial charge in [0.15, 0.2) is 18.1 Å². The minimum atomic E-state index is -1.16. The second kappa shape index (κ2) is 8.10. The van der Waals surface area contributed by atoms with Crippen LogP contribution in [0.3, 0.4) is 0 Å². The number of oxazole rings is 1. The molecule has 0 saturated carbocycles. The summed E-state index contributed by atoms with van der Waals surface area (Å²) in [5.74, 6) is -2.48. The molecule has 144 valence electrons. The van der Waals surface area contributed by atoms with Crippen LogP contribution in [0.5, 0.6) is 0 Å². The first-order chi connectivity index (χ1) is 13.4. The number of amides is 1. The zero-order chi connectivity index (χ0) is 20.3. The lowest BCUT2D eigenvalue weighted by Crippen LogP contribution is -2.32. The Morgan fingerprint density at radius 3 is 2.68 bits per heavy atom. The second-order valence-electron chi connectivity index (χ2n) is 5.83. The number of carbonyl (C=O) groups excluding carboxylic acids is 2. The molecule has 0 aliphatic heterocycles. The van der Waals surface area contributed by atoms with Gasteiger partial charge >= 0.3 is 11.9 Å². The van der Waals surface area contributed by atoms with E-state index in [0.29, 0.717) is 11.1 Å². The van der Waals surface area contributed by atoms with Crippen molar-refractivity contribution in [3.8, 4) is 0 Å². The maximum absolute atomic E-state index is 12.5. The van der Waals surface area contributed by atoms with Crippen LogP contribution >= 0.6 is 11.6 Å². The Kier molecular flexibility index (Phi) is 5.60. The summed E-state index contributed by atoms with van der Waals surface area (Å²) in [7, 11) is 0. The second-order valence-corrected chi connectivity index (χ2v) is 6.23. The van der Waals surface area contributed by atoms with E-state index in [-0.39, 0.29) is 28.3 Å². The van der Waals surface area contributed by atoms with Gasteiger partial charge in [0.25, 0.3) is 5.91 Å². The number of aromatic nitrogens is 1. The van der Waals surface area contributed by atoms with Crippen molar-refractivity contribution < 1.29 is 28.6 Å². The number of benzene rings is 2. The van der Waals surface area contributed by atoms with Crippen LogP contribution in [0.15, 0.2) is 47.2 Å². The third-order valence-electron chi connectivity index (χ3n) is 3.95. The van der Waals surface area contributed by atoms with Gasteiger partial charge < -0.3 is 19.6 Å². The average molecular weight is 403 g/mol. The van der Waals surface area contributed by atoms with Crippen molar-refractivity contribution >= 4 is 46.2 Å². The van der Waals surface area contributed by atoms with E-state index in [4.69, 9.17) is 25.9 Å². The fraction of sp³-hybridized carbons (Fsp3) is 0.158. The predicted molar refractivity (Wildman–Crippen MR) is 101 cm³/mol. The Labute approximate surface area is 164 Å². The van der Waals surface area contributed by atoms with Crippen molar-refractivity contribution in [2.75, 3.05) is 5.32 Å². The van der Waals surface area contributed by atoms with Gasteiger partial charge in [0.1, 0.15) is 5.52 Å². The Bertz CT molecular complexity index is 1060. The molecular weight excluding hydrogens is 388 g/mol. The lowest BCUT2D eigenvalue weighted by atomic mass is 10.2. The number of fused-ring (bicyclic) bond motifs is 1. The molecule has 8 nitrogen and oxygen atoms in total. The molecule has 1 heterocycles. The smallest absolute Gasteiger partial charge is 0.338 e. The van der Waals surface area contributed by atoms with E-state index in [9.17, 15) is 14.4 Å². The first kappa shape index (κ1) is 19.4. The topological polar surface area (TPSA) is 119 Å². The monoisotopic (exact) mass is 402 g/mol. The zero-order valence-electron chi connectivity index (χ0n) is 14.6. The number of aromatic carboxylic acids is 1. The number of rotatable bonds is 6. The van der Waals surface area contributed by atoms with Gasteiger partial charge in [-0.05, 0) is 42.8 Å². The number of halogens is 1. The molecule has 3 rings (SSSR count). The van der Waals surface area contributed by atoms with Gasteiger partial charge in [-0.25, -0.2) is 14.6 Å². The van der Waals surface area contributed by atoms with Crippen LogP contribution in [0.4, 0.5) is 5.69 Å². The highest BCUT2D eigenvalue weighted by Crippen LogP contribution is 2.24. The summed E-state index contributed by atoms with van der Waals surface area (Å²) in [4.78, 5) is 39.9. The van der Waals surface area contributed by atoms with Crippen LogP contribution in [-0.2, 0) is 9.53 Å². The third kappa shape index (κ3) is 4.12. The summed E-state index contributed by atoms with van der Waals surface area (Å²) < 4.78 is 10.4. The predicted octanol–water partition coefficient (Wildman–Crippen LogP) is 3.75. The summed E-state index contributed by atoms with van der Waals surface area (Å²) in [5, 5.41) is 11.7. The quantitative estimate of drug-likeness (QED) is 0.602. The van der Waals surface area contributed by atoms with E-state index >= 15 is 0 Å². The first-order valence-electron chi connectivity index (χ1n) is 8.27. The number of carboxylic acids is 1. The molecule has 0 aliphatic carbocycles. The lowest BCUT2D eigenvalue weighted by Gasteiger charge is -2.17. The van der Waals surface area contributed by atoms with Crippen molar-refractivity contribution in [1.82, 2.24) is 4.98 Å². The molecule has 1 unspecified atom stereocenters. The van der Waals surface area contributed by atoms with E-state index < -0.39 is 23.9 Å². The molecule has 0 saturated heterocycles. The normalized spacial score (nSPS) is 11.8. The number of esters is 1. The average Bonchev–Trinajstić information content (AvgIpc) is 3.15. The summed E-state index contributed by atoms with van der Waals surface area (Å²) in [6, 6.07) is 8.50. The molecule has 9 heteroatoms. The minimum Gasteiger partial charge on any atom is -0.478 e. The molecule has 0 fully saturated rings. The van der Waals surface area contributed by atoms with Crippen molar-refractivity contribution in [3.05, 3.63) is 58.9 Å². The SMILES string of the molecule is CCC(OC(=O)c1ccc2ocnc2c1)C(=O)Nc1cc(C(=O)O)ccc1Cl. The maximum atomic E-state index is 12.5. The van der Waals surface area contributed by atoms with Crippen molar-refractivity contribution in [2.24, 2.45) is 0 Å². The number of nitrogens with zero attached hydrogens (tertiary/aromatic N) is 1. The highest BCUT2D eigenvalue weighted by molar-refractivity contribution is 6.34.